The van der Waals surface area contributed by atoms with E-state index in [1.54, 1.807) is 6.92 Å². The van der Waals surface area contributed by atoms with Crippen LogP contribution in [0.1, 0.15) is 39.0 Å². The fourth-order valence-corrected chi connectivity index (χ4v) is 3.59. The summed E-state index contributed by atoms with van der Waals surface area (Å²) in [6.07, 6.45) is 2.75. The second kappa shape index (κ2) is 6.88. The molecular weight excluding hydrogens is 270 g/mol. The summed E-state index contributed by atoms with van der Waals surface area (Å²) in [5.74, 6) is -2.06. The van der Waals surface area contributed by atoms with Crippen molar-refractivity contribution in [1.29, 1.82) is 0 Å². The van der Waals surface area contributed by atoms with Crippen LogP contribution in [0.4, 0.5) is 0 Å². The molecule has 0 radical (unpaired) electrons. The molecule has 0 atom stereocenters. The van der Waals surface area contributed by atoms with Gasteiger partial charge in [-0.3, -0.25) is 9.59 Å². The van der Waals surface area contributed by atoms with Crippen LogP contribution in [0, 0.1) is 5.92 Å². The maximum atomic E-state index is 11.6. The lowest BCUT2D eigenvalue weighted by atomic mass is 9.86. The van der Waals surface area contributed by atoms with Gasteiger partial charge in [0.15, 0.2) is 9.84 Å². The molecule has 0 aromatic carbocycles. The molecule has 1 rings (SSSR count). The molecule has 2 N–H and O–H groups in total. The number of carbonyl (C=O) groups excluding carboxylic acids is 1. The monoisotopic (exact) mass is 291 g/mol. The van der Waals surface area contributed by atoms with E-state index in [0.717, 1.165) is 0 Å². The van der Waals surface area contributed by atoms with Crippen LogP contribution >= 0.6 is 0 Å². The number of carboxylic acids is 1. The van der Waals surface area contributed by atoms with Crippen LogP contribution in [0.25, 0.3) is 0 Å². The molecule has 0 bridgehead atoms. The summed E-state index contributed by atoms with van der Waals surface area (Å²) in [6.45, 7) is 1.75. The average molecular weight is 291 g/mol. The van der Waals surface area contributed by atoms with Gasteiger partial charge in [0.05, 0.1) is 11.7 Å². The van der Waals surface area contributed by atoms with Crippen molar-refractivity contribution < 1.29 is 23.1 Å². The van der Waals surface area contributed by atoms with Gasteiger partial charge in [-0.05, 0) is 32.1 Å². The Morgan fingerprint density at radius 1 is 1.21 bits per heavy atom. The van der Waals surface area contributed by atoms with E-state index in [4.69, 9.17) is 5.11 Å². The number of nitrogens with one attached hydrogen (secondary N) is 1. The van der Waals surface area contributed by atoms with Crippen LogP contribution < -0.4 is 5.32 Å². The SMILES string of the molecule is CCCS(=O)(=O)CC(=O)NC1CCC(C(=O)O)CC1. The van der Waals surface area contributed by atoms with Crippen LogP contribution in [0.15, 0.2) is 0 Å². The largest absolute Gasteiger partial charge is 0.481 e. The highest BCUT2D eigenvalue weighted by Gasteiger charge is 2.27. The van der Waals surface area contributed by atoms with E-state index >= 15 is 0 Å². The highest BCUT2D eigenvalue weighted by molar-refractivity contribution is 7.92. The van der Waals surface area contributed by atoms with E-state index < -0.39 is 27.5 Å². The van der Waals surface area contributed by atoms with Crippen LogP contribution in [-0.4, -0.2) is 42.9 Å². The molecule has 0 saturated heterocycles. The molecule has 6 nitrogen and oxygen atoms in total. The van der Waals surface area contributed by atoms with E-state index in [9.17, 15) is 18.0 Å². The Kier molecular flexibility index (Phi) is 5.78. The second-order valence-corrected chi connectivity index (χ2v) is 7.23. The predicted octanol–water partition coefficient (Wildman–Crippen LogP) is 0.571. The summed E-state index contributed by atoms with van der Waals surface area (Å²) in [6, 6.07) is -0.0973. The fourth-order valence-electron chi connectivity index (χ4n) is 2.34. The average Bonchev–Trinajstić information content (AvgIpc) is 2.28. The van der Waals surface area contributed by atoms with E-state index in [0.29, 0.717) is 32.1 Å². The number of hydrogen-bond acceptors (Lipinski definition) is 4. The summed E-state index contributed by atoms with van der Waals surface area (Å²) in [5.41, 5.74) is 0. The molecule has 0 heterocycles. The zero-order valence-corrected chi connectivity index (χ0v) is 11.9. The first-order chi connectivity index (χ1) is 8.84. The maximum Gasteiger partial charge on any atom is 0.306 e. The first-order valence-corrected chi connectivity index (χ1v) is 8.38. The van der Waals surface area contributed by atoms with Crippen LogP contribution in [-0.2, 0) is 19.4 Å². The third kappa shape index (κ3) is 5.59. The Morgan fingerprint density at radius 3 is 2.26 bits per heavy atom. The number of carboxylic acid groups (broad SMARTS) is 1. The summed E-state index contributed by atoms with van der Waals surface area (Å²) in [7, 11) is -3.31. The molecule has 0 unspecified atom stereocenters. The molecule has 1 aliphatic rings. The third-order valence-corrected chi connectivity index (χ3v) is 5.04. The van der Waals surface area contributed by atoms with Gasteiger partial charge in [0.1, 0.15) is 5.75 Å². The molecule has 1 aliphatic carbocycles. The smallest absolute Gasteiger partial charge is 0.306 e. The number of sulfone groups is 1. The van der Waals surface area contributed by atoms with Gasteiger partial charge < -0.3 is 10.4 Å². The zero-order chi connectivity index (χ0) is 14.5. The lowest BCUT2D eigenvalue weighted by Gasteiger charge is -2.26. The molecule has 1 fully saturated rings. The van der Waals surface area contributed by atoms with E-state index in [-0.39, 0.29) is 17.7 Å². The predicted molar refractivity (Wildman–Crippen MR) is 70.5 cm³/mol. The molecule has 0 aromatic rings. The quantitative estimate of drug-likeness (QED) is 0.745. The van der Waals surface area contributed by atoms with Crippen molar-refractivity contribution in [2.75, 3.05) is 11.5 Å². The highest BCUT2D eigenvalue weighted by atomic mass is 32.2. The molecule has 110 valence electrons. The zero-order valence-electron chi connectivity index (χ0n) is 11.1. The Hall–Kier alpha value is -1.11. The van der Waals surface area contributed by atoms with Crippen molar-refractivity contribution in [2.45, 2.75) is 45.1 Å². The van der Waals surface area contributed by atoms with Crippen LogP contribution in [0.3, 0.4) is 0 Å². The molecule has 0 aromatic heterocycles. The van der Waals surface area contributed by atoms with Gasteiger partial charge in [0.25, 0.3) is 0 Å². The molecule has 0 spiro atoms. The topological polar surface area (TPSA) is 101 Å². The Balaban J connectivity index is 2.37. The van der Waals surface area contributed by atoms with Crippen molar-refractivity contribution in [3.05, 3.63) is 0 Å². The van der Waals surface area contributed by atoms with Crippen LogP contribution in [0.5, 0.6) is 0 Å². The minimum atomic E-state index is -3.31. The second-order valence-electron chi connectivity index (χ2n) is 5.05. The minimum Gasteiger partial charge on any atom is -0.481 e. The van der Waals surface area contributed by atoms with Crippen molar-refractivity contribution in [3.63, 3.8) is 0 Å². The van der Waals surface area contributed by atoms with Gasteiger partial charge in [0, 0.05) is 6.04 Å². The van der Waals surface area contributed by atoms with Gasteiger partial charge in [0.2, 0.25) is 5.91 Å². The molecule has 1 saturated carbocycles. The molecule has 0 aliphatic heterocycles. The molecular formula is C12H21NO5S. The highest BCUT2D eigenvalue weighted by Crippen LogP contribution is 2.24. The molecule has 19 heavy (non-hydrogen) atoms. The first-order valence-electron chi connectivity index (χ1n) is 6.56. The molecule has 1 amide bonds. The van der Waals surface area contributed by atoms with Gasteiger partial charge in [-0.25, -0.2) is 8.42 Å². The summed E-state index contributed by atoms with van der Waals surface area (Å²) < 4.78 is 23.0. The Bertz CT molecular complexity index is 423. The van der Waals surface area contributed by atoms with E-state index in [2.05, 4.69) is 5.32 Å². The standard InChI is InChI=1S/C12H21NO5S/c1-2-7-19(17,18)8-11(14)13-10-5-3-9(4-6-10)12(15)16/h9-10H,2-8H2,1H3,(H,13,14)(H,15,16). The van der Waals surface area contributed by atoms with E-state index in [1.165, 1.54) is 0 Å². The fraction of sp³-hybridized carbons (Fsp3) is 0.833. The van der Waals surface area contributed by atoms with Crippen molar-refractivity contribution in [1.82, 2.24) is 5.32 Å². The van der Waals surface area contributed by atoms with Crippen molar-refractivity contribution in [2.24, 2.45) is 5.92 Å². The Morgan fingerprint density at radius 2 is 1.79 bits per heavy atom. The maximum absolute atomic E-state index is 11.6. The summed E-state index contributed by atoms with van der Waals surface area (Å²) in [5, 5.41) is 11.5. The number of hydrogen-bond donors (Lipinski definition) is 2. The first kappa shape index (κ1) is 15.9. The van der Waals surface area contributed by atoms with E-state index in [1.807, 2.05) is 0 Å². The lowest BCUT2D eigenvalue weighted by molar-refractivity contribution is -0.142. The number of aliphatic carboxylic acids is 1. The molecule has 7 heteroatoms. The Labute approximate surface area is 113 Å². The minimum absolute atomic E-state index is 0.0200. The van der Waals surface area contributed by atoms with Gasteiger partial charge >= 0.3 is 5.97 Å². The van der Waals surface area contributed by atoms with Gasteiger partial charge in [-0.2, -0.15) is 0 Å². The van der Waals surface area contributed by atoms with Gasteiger partial charge in [-0.1, -0.05) is 6.92 Å². The lowest BCUT2D eigenvalue weighted by Crippen LogP contribution is -2.41. The summed E-state index contributed by atoms with van der Waals surface area (Å²) in [4.78, 5) is 22.4. The van der Waals surface area contributed by atoms with Gasteiger partial charge in [-0.15, -0.1) is 0 Å². The summed E-state index contributed by atoms with van der Waals surface area (Å²) >= 11 is 0. The number of rotatable bonds is 6. The number of carbonyl (C=O) groups is 2. The third-order valence-electron chi connectivity index (χ3n) is 3.31. The van der Waals surface area contributed by atoms with Crippen molar-refractivity contribution in [3.8, 4) is 0 Å². The number of amides is 1. The van der Waals surface area contributed by atoms with Crippen molar-refractivity contribution >= 4 is 21.7 Å². The normalized spacial score (nSPS) is 23.8. The van der Waals surface area contributed by atoms with Crippen LogP contribution in [0.2, 0.25) is 0 Å².